The Morgan fingerprint density at radius 2 is 2.33 bits per heavy atom. The van der Waals surface area contributed by atoms with Gasteiger partial charge in [0, 0.05) is 14.2 Å². The molecule has 0 spiro atoms. The van der Waals surface area contributed by atoms with E-state index in [2.05, 4.69) is 15.6 Å². The monoisotopic (exact) mass is 171 g/mol. The van der Waals surface area contributed by atoms with Crippen molar-refractivity contribution in [2.45, 2.75) is 12.5 Å². The van der Waals surface area contributed by atoms with E-state index in [0.717, 1.165) is 0 Å². The number of methoxy groups -OCH3 is 1. The second-order valence-electron chi connectivity index (χ2n) is 2.92. The molecule has 1 saturated heterocycles. The molecule has 0 aromatic heterocycles. The largest absolute Gasteiger partial charge is 0.382 e. The maximum atomic E-state index is 11.3. The van der Waals surface area contributed by atoms with Gasteiger partial charge in [0.15, 0.2) is 5.96 Å². The van der Waals surface area contributed by atoms with E-state index in [4.69, 9.17) is 4.74 Å². The van der Waals surface area contributed by atoms with Crippen molar-refractivity contribution in [2.75, 3.05) is 20.8 Å². The predicted molar refractivity (Wildman–Crippen MR) is 44.9 cm³/mol. The highest BCUT2D eigenvalue weighted by atomic mass is 16.5. The van der Waals surface area contributed by atoms with Gasteiger partial charge in [-0.05, 0) is 6.92 Å². The quantitative estimate of drug-likeness (QED) is 0.565. The highest BCUT2D eigenvalue weighted by Crippen LogP contribution is 2.08. The summed E-state index contributed by atoms with van der Waals surface area (Å²) in [4.78, 5) is 15.2. The van der Waals surface area contributed by atoms with Gasteiger partial charge in [-0.2, -0.15) is 0 Å². The van der Waals surface area contributed by atoms with Crippen LogP contribution in [0.3, 0.4) is 0 Å². The number of hydrogen-bond acceptors (Lipinski definition) is 3. The number of hydrogen-bond donors (Lipinski definition) is 2. The Balaban J connectivity index is 2.74. The average Bonchev–Trinajstić information content (AvgIpc) is 2.29. The highest BCUT2D eigenvalue weighted by molar-refractivity contribution is 6.08. The molecule has 0 aromatic rings. The Morgan fingerprint density at radius 1 is 1.67 bits per heavy atom. The van der Waals surface area contributed by atoms with Crippen molar-refractivity contribution in [1.29, 1.82) is 0 Å². The summed E-state index contributed by atoms with van der Waals surface area (Å²) in [5, 5.41) is 5.53. The van der Waals surface area contributed by atoms with E-state index in [-0.39, 0.29) is 5.91 Å². The van der Waals surface area contributed by atoms with Gasteiger partial charge in [0.25, 0.3) is 5.91 Å². The number of ether oxygens (including phenoxy) is 1. The molecule has 12 heavy (non-hydrogen) atoms. The smallest absolute Gasteiger partial charge is 0.254 e. The summed E-state index contributed by atoms with van der Waals surface area (Å²) in [5.41, 5.74) is -0.677. The molecular formula is C7H13N3O2. The van der Waals surface area contributed by atoms with Crippen LogP contribution in [0.5, 0.6) is 0 Å². The third kappa shape index (κ3) is 1.40. The Kier molecular flexibility index (Phi) is 2.32. The molecule has 0 radical (unpaired) electrons. The molecule has 5 heteroatoms. The number of amides is 1. The van der Waals surface area contributed by atoms with Crippen LogP contribution in [0.25, 0.3) is 0 Å². The van der Waals surface area contributed by atoms with Crippen molar-refractivity contribution in [3.63, 3.8) is 0 Å². The minimum Gasteiger partial charge on any atom is -0.382 e. The van der Waals surface area contributed by atoms with Crippen molar-refractivity contribution in [3.8, 4) is 0 Å². The van der Waals surface area contributed by atoms with Gasteiger partial charge in [0.1, 0.15) is 5.54 Å². The van der Waals surface area contributed by atoms with Gasteiger partial charge in [0.2, 0.25) is 0 Å². The number of aliphatic imine (C=N–C) groups is 1. The molecule has 1 atom stereocenters. The molecular weight excluding hydrogens is 158 g/mol. The molecule has 5 nitrogen and oxygen atoms in total. The van der Waals surface area contributed by atoms with Gasteiger partial charge in [0.05, 0.1) is 6.61 Å². The van der Waals surface area contributed by atoms with Crippen LogP contribution >= 0.6 is 0 Å². The molecule has 0 aliphatic carbocycles. The number of nitrogens with one attached hydrogen (secondary N) is 2. The SMILES string of the molecule is CN=C1NC(=O)C(C)(COC)N1. The Hall–Kier alpha value is -1.10. The van der Waals surface area contributed by atoms with Gasteiger partial charge in [-0.15, -0.1) is 0 Å². The van der Waals surface area contributed by atoms with Gasteiger partial charge in [-0.3, -0.25) is 15.1 Å². The van der Waals surface area contributed by atoms with Crippen LogP contribution < -0.4 is 10.6 Å². The fourth-order valence-electron chi connectivity index (χ4n) is 1.10. The number of nitrogens with zero attached hydrogens (tertiary/aromatic N) is 1. The van der Waals surface area contributed by atoms with Crippen molar-refractivity contribution in [1.82, 2.24) is 10.6 Å². The van der Waals surface area contributed by atoms with Crippen LogP contribution in [0, 0.1) is 0 Å². The first kappa shape index (κ1) is 8.99. The Morgan fingerprint density at radius 3 is 2.75 bits per heavy atom. The minimum absolute atomic E-state index is 0.107. The standard InChI is InChI=1S/C7H13N3O2/c1-7(4-12-3)5(11)9-6(8-2)10-7/h4H2,1-3H3,(H2,8,9,10,11). The average molecular weight is 171 g/mol. The molecule has 1 heterocycles. The zero-order valence-electron chi connectivity index (χ0n) is 7.47. The van der Waals surface area contributed by atoms with Gasteiger partial charge in [-0.25, -0.2) is 0 Å². The van der Waals surface area contributed by atoms with E-state index in [1.165, 1.54) is 0 Å². The third-order valence-corrected chi connectivity index (χ3v) is 1.78. The molecule has 1 unspecified atom stereocenters. The topological polar surface area (TPSA) is 62.7 Å². The van der Waals surface area contributed by atoms with E-state index in [9.17, 15) is 4.79 Å². The van der Waals surface area contributed by atoms with Crippen molar-refractivity contribution < 1.29 is 9.53 Å². The lowest BCUT2D eigenvalue weighted by atomic mass is 10.1. The minimum atomic E-state index is -0.677. The lowest BCUT2D eigenvalue weighted by Gasteiger charge is -2.19. The van der Waals surface area contributed by atoms with E-state index < -0.39 is 5.54 Å². The van der Waals surface area contributed by atoms with Crippen LogP contribution in [0.4, 0.5) is 0 Å². The van der Waals surface area contributed by atoms with E-state index in [1.807, 2.05) is 0 Å². The van der Waals surface area contributed by atoms with Crippen molar-refractivity contribution in [2.24, 2.45) is 4.99 Å². The van der Waals surface area contributed by atoms with E-state index in [1.54, 1.807) is 21.1 Å². The maximum Gasteiger partial charge on any atom is 0.254 e. The molecule has 1 amide bonds. The molecule has 2 N–H and O–H groups in total. The van der Waals surface area contributed by atoms with Crippen LogP contribution in [-0.2, 0) is 9.53 Å². The summed E-state index contributed by atoms with van der Waals surface area (Å²) in [6.07, 6.45) is 0. The summed E-state index contributed by atoms with van der Waals surface area (Å²) in [6.45, 7) is 2.10. The van der Waals surface area contributed by atoms with Crippen LogP contribution in [0.2, 0.25) is 0 Å². The molecule has 0 saturated carbocycles. The molecule has 1 aliphatic rings. The van der Waals surface area contributed by atoms with Gasteiger partial charge < -0.3 is 10.1 Å². The molecule has 1 aliphatic heterocycles. The first-order valence-electron chi connectivity index (χ1n) is 3.68. The molecule has 1 fully saturated rings. The fourth-order valence-corrected chi connectivity index (χ4v) is 1.10. The lowest BCUT2D eigenvalue weighted by Crippen LogP contribution is -2.47. The van der Waals surface area contributed by atoms with Crippen LogP contribution in [0.15, 0.2) is 4.99 Å². The van der Waals surface area contributed by atoms with Gasteiger partial charge in [-0.1, -0.05) is 0 Å². The zero-order valence-corrected chi connectivity index (χ0v) is 7.47. The lowest BCUT2D eigenvalue weighted by molar-refractivity contribution is -0.125. The molecule has 0 bridgehead atoms. The summed E-state index contributed by atoms with van der Waals surface area (Å²) in [5.74, 6) is 0.393. The first-order valence-corrected chi connectivity index (χ1v) is 3.68. The predicted octanol–water partition coefficient (Wildman–Crippen LogP) is -0.903. The summed E-state index contributed by atoms with van der Waals surface area (Å²) < 4.78 is 4.91. The number of carbonyl (C=O) groups excluding carboxylic acids is 1. The van der Waals surface area contributed by atoms with Crippen molar-refractivity contribution >= 4 is 11.9 Å². The summed E-state index contributed by atoms with van der Waals surface area (Å²) in [7, 11) is 3.17. The number of guanidine groups is 1. The van der Waals surface area contributed by atoms with Gasteiger partial charge >= 0.3 is 0 Å². The van der Waals surface area contributed by atoms with Crippen LogP contribution in [-0.4, -0.2) is 38.2 Å². The Labute approximate surface area is 71.2 Å². The summed E-state index contributed by atoms with van der Waals surface area (Å²) >= 11 is 0. The maximum absolute atomic E-state index is 11.3. The normalized spacial score (nSPS) is 31.9. The number of rotatable bonds is 2. The fraction of sp³-hybridized carbons (Fsp3) is 0.714. The highest BCUT2D eigenvalue weighted by Gasteiger charge is 2.40. The van der Waals surface area contributed by atoms with Crippen molar-refractivity contribution in [3.05, 3.63) is 0 Å². The molecule has 68 valence electrons. The van der Waals surface area contributed by atoms with E-state index in [0.29, 0.717) is 12.6 Å². The number of carbonyl (C=O) groups is 1. The Bertz CT molecular complexity index is 227. The second-order valence-corrected chi connectivity index (χ2v) is 2.92. The first-order chi connectivity index (χ1) is 5.62. The zero-order chi connectivity index (χ0) is 9.19. The van der Waals surface area contributed by atoms with E-state index >= 15 is 0 Å². The third-order valence-electron chi connectivity index (χ3n) is 1.78. The summed E-state index contributed by atoms with van der Waals surface area (Å²) in [6, 6.07) is 0. The second kappa shape index (κ2) is 3.10. The molecule has 0 aromatic carbocycles. The molecule has 1 rings (SSSR count). The van der Waals surface area contributed by atoms with Crippen LogP contribution in [0.1, 0.15) is 6.92 Å².